The SMILES string of the molecule is CCCCCCCc1ccc([NH2+]C(=O)O[C@H](C)CN2CCCCC2)cc1. The van der Waals surface area contributed by atoms with Gasteiger partial charge in [0.05, 0.1) is 0 Å². The van der Waals surface area contributed by atoms with E-state index < -0.39 is 0 Å². The van der Waals surface area contributed by atoms with Crippen LogP contribution in [0, 0.1) is 0 Å². The smallest absolute Gasteiger partial charge is 0.415 e. The third-order valence-corrected chi connectivity index (χ3v) is 5.11. The maximum atomic E-state index is 12.1. The van der Waals surface area contributed by atoms with E-state index in [1.807, 2.05) is 19.1 Å². The zero-order valence-corrected chi connectivity index (χ0v) is 16.7. The van der Waals surface area contributed by atoms with Crippen molar-refractivity contribution in [3.63, 3.8) is 0 Å². The second-order valence-electron chi connectivity index (χ2n) is 7.66. The molecule has 1 aromatic carbocycles. The number of piperidine rings is 1. The normalized spacial score (nSPS) is 16.4. The highest BCUT2D eigenvalue weighted by Crippen LogP contribution is 2.11. The monoisotopic (exact) mass is 361 g/mol. The molecule has 1 amide bonds. The molecule has 0 bridgehead atoms. The van der Waals surface area contributed by atoms with E-state index in [-0.39, 0.29) is 12.2 Å². The van der Waals surface area contributed by atoms with Crippen LogP contribution in [0.4, 0.5) is 10.5 Å². The van der Waals surface area contributed by atoms with Gasteiger partial charge in [0.2, 0.25) is 0 Å². The van der Waals surface area contributed by atoms with Gasteiger partial charge in [0.25, 0.3) is 0 Å². The Labute approximate surface area is 159 Å². The molecule has 4 heteroatoms. The van der Waals surface area contributed by atoms with Gasteiger partial charge in [-0.1, -0.05) is 51.2 Å². The topological polar surface area (TPSA) is 46.1 Å². The summed E-state index contributed by atoms with van der Waals surface area (Å²) < 4.78 is 5.55. The summed E-state index contributed by atoms with van der Waals surface area (Å²) in [5, 5.41) is 1.61. The molecule has 146 valence electrons. The molecular formula is C22H37N2O2+. The number of unbranched alkanes of at least 4 members (excludes halogenated alkanes) is 4. The molecule has 2 rings (SSSR count). The van der Waals surface area contributed by atoms with Crippen molar-refractivity contribution in [3.8, 4) is 0 Å². The number of hydrogen-bond donors (Lipinski definition) is 1. The second kappa shape index (κ2) is 12.1. The highest BCUT2D eigenvalue weighted by Gasteiger charge is 2.18. The number of hydrogen-bond acceptors (Lipinski definition) is 3. The van der Waals surface area contributed by atoms with Crippen LogP contribution in [0.15, 0.2) is 24.3 Å². The number of amides is 1. The molecule has 0 aromatic heterocycles. The number of likely N-dealkylation sites (tertiary alicyclic amines) is 1. The van der Waals surface area contributed by atoms with Crippen LogP contribution in [0.1, 0.15) is 70.8 Å². The molecule has 1 heterocycles. The predicted octanol–water partition coefficient (Wildman–Crippen LogP) is 4.41. The summed E-state index contributed by atoms with van der Waals surface area (Å²) in [6.45, 7) is 7.34. The highest BCUT2D eigenvalue weighted by molar-refractivity contribution is 5.59. The summed E-state index contributed by atoms with van der Waals surface area (Å²) in [5.41, 5.74) is 2.28. The number of carbonyl (C=O) groups is 1. The number of nitrogens with two attached hydrogens (primary N) is 1. The van der Waals surface area contributed by atoms with Crippen molar-refractivity contribution in [2.24, 2.45) is 0 Å². The maximum Gasteiger partial charge on any atom is 0.518 e. The average Bonchev–Trinajstić information content (AvgIpc) is 2.63. The third-order valence-electron chi connectivity index (χ3n) is 5.11. The van der Waals surface area contributed by atoms with Gasteiger partial charge in [-0.05, 0) is 63.4 Å². The lowest BCUT2D eigenvalue weighted by molar-refractivity contribution is -0.484. The molecule has 0 aliphatic carbocycles. The number of carbonyl (C=O) groups excluding carboxylic acids is 1. The fraction of sp³-hybridized carbons (Fsp3) is 0.682. The summed E-state index contributed by atoms with van der Waals surface area (Å²) in [6.07, 6.45) is 11.2. The fourth-order valence-electron chi connectivity index (χ4n) is 3.62. The molecule has 26 heavy (non-hydrogen) atoms. The van der Waals surface area contributed by atoms with Gasteiger partial charge in [-0.15, -0.1) is 0 Å². The van der Waals surface area contributed by atoms with E-state index in [1.165, 1.54) is 56.9 Å². The first-order valence-electron chi connectivity index (χ1n) is 10.5. The van der Waals surface area contributed by atoms with Gasteiger partial charge in [-0.3, -0.25) is 4.90 Å². The highest BCUT2D eigenvalue weighted by atomic mass is 16.6. The Morgan fingerprint density at radius 1 is 1.08 bits per heavy atom. The van der Waals surface area contributed by atoms with Gasteiger partial charge < -0.3 is 4.74 Å². The molecule has 1 aliphatic rings. The maximum absolute atomic E-state index is 12.1. The molecule has 1 atom stereocenters. The number of ether oxygens (including phenoxy) is 1. The quantitative estimate of drug-likeness (QED) is 0.496. The zero-order valence-electron chi connectivity index (χ0n) is 16.7. The molecule has 0 radical (unpaired) electrons. The molecule has 1 fully saturated rings. The lowest BCUT2D eigenvalue weighted by Crippen LogP contribution is -2.82. The predicted molar refractivity (Wildman–Crippen MR) is 107 cm³/mol. The minimum Gasteiger partial charge on any atom is -0.415 e. The number of aryl methyl sites for hydroxylation is 1. The summed E-state index contributed by atoms with van der Waals surface area (Å²) in [7, 11) is 0. The minimum absolute atomic E-state index is 0.0563. The number of nitrogens with zero attached hydrogens (tertiary/aromatic N) is 1. The van der Waals surface area contributed by atoms with Gasteiger partial charge in [-0.25, -0.2) is 5.32 Å². The van der Waals surface area contributed by atoms with Crippen LogP contribution in [0.25, 0.3) is 0 Å². The van der Waals surface area contributed by atoms with E-state index in [4.69, 9.17) is 4.74 Å². The summed E-state index contributed by atoms with van der Waals surface area (Å²) in [5.74, 6) is 0. The Kier molecular flexibility index (Phi) is 9.72. The largest absolute Gasteiger partial charge is 0.518 e. The van der Waals surface area contributed by atoms with E-state index in [0.717, 1.165) is 31.7 Å². The molecule has 1 aromatic rings. The van der Waals surface area contributed by atoms with E-state index in [2.05, 4.69) is 24.0 Å². The Morgan fingerprint density at radius 2 is 1.77 bits per heavy atom. The van der Waals surface area contributed by atoms with Gasteiger partial charge in [0.1, 0.15) is 11.8 Å². The van der Waals surface area contributed by atoms with Crippen molar-refractivity contribution in [2.45, 2.75) is 77.7 Å². The fourth-order valence-corrected chi connectivity index (χ4v) is 3.62. The van der Waals surface area contributed by atoms with Crippen molar-refractivity contribution >= 4 is 11.8 Å². The van der Waals surface area contributed by atoms with E-state index in [0.29, 0.717) is 0 Å². The Bertz CT molecular complexity index is 509. The zero-order chi connectivity index (χ0) is 18.6. The number of rotatable bonds is 10. The molecule has 0 unspecified atom stereocenters. The van der Waals surface area contributed by atoms with Crippen molar-refractivity contribution in [1.29, 1.82) is 0 Å². The lowest BCUT2D eigenvalue weighted by Gasteiger charge is -2.28. The van der Waals surface area contributed by atoms with Gasteiger partial charge >= 0.3 is 6.09 Å². The summed E-state index contributed by atoms with van der Waals surface area (Å²) in [6, 6.07) is 8.32. The van der Waals surface area contributed by atoms with Crippen LogP contribution in [-0.4, -0.2) is 36.7 Å². The second-order valence-corrected chi connectivity index (χ2v) is 7.66. The Hall–Kier alpha value is -1.39. The molecule has 0 saturated carbocycles. The van der Waals surface area contributed by atoms with Crippen LogP contribution in [0.2, 0.25) is 0 Å². The van der Waals surface area contributed by atoms with E-state index in [9.17, 15) is 4.79 Å². The van der Waals surface area contributed by atoms with Gasteiger partial charge in [0.15, 0.2) is 0 Å². The minimum atomic E-state index is -0.234. The van der Waals surface area contributed by atoms with Crippen molar-refractivity contribution in [3.05, 3.63) is 29.8 Å². The Morgan fingerprint density at radius 3 is 2.46 bits per heavy atom. The van der Waals surface area contributed by atoms with Gasteiger partial charge in [0, 0.05) is 6.54 Å². The Balaban J connectivity index is 1.66. The number of quaternary nitrogens is 1. The van der Waals surface area contributed by atoms with Crippen LogP contribution in [-0.2, 0) is 11.2 Å². The van der Waals surface area contributed by atoms with Crippen LogP contribution < -0.4 is 5.32 Å². The summed E-state index contributed by atoms with van der Waals surface area (Å²) >= 11 is 0. The molecule has 4 nitrogen and oxygen atoms in total. The standard InChI is InChI=1S/C22H36N2O2/c1-3-4-5-6-8-11-20-12-14-21(15-13-20)23-22(25)26-19(2)18-24-16-9-7-10-17-24/h12-15,19H,3-11,16-18H2,1-2H3,(H,23,25)/p+1/t19-/m1/s1. The molecule has 1 saturated heterocycles. The third kappa shape index (κ3) is 8.33. The molecule has 2 N–H and O–H groups in total. The summed E-state index contributed by atoms with van der Waals surface area (Å²) in [4.78, 5) is 14.5. The van der Waals surface area contributed by atoms with E-state index in [1.54, 1.807) is 5.32 Å². The average molecular weight is 362 g/mol. The molecule has 0 spiro atoms. The molecule has 1 aliphatic heterocycles. The first-order chi connectivity index (χ1) is 12.7. The molecular weight excluding hydrogens is 324 g/mol. The van der Waals surface area contributed by atoms with Crippen LogP contribution in [0.3, 0.4) is 0 Å². The first-order valence-corrected chi connectivity index (χ1v) is 10.5. The van der Waals surface area contributed by atoms with Crippen LogP contribution >= 0.6 is 0 Å². The lowest BCUT2D eigenvalue weighted by atomic mass is 10.1. The van der Waals surface area contributed by atoms with Crippen molar-refractivity contribution in [1.82, 2.24) is 4.90 Å². The van der Waals surface area contributed by atoms with Crippen LogP contribution in [0.5, 0.6) is 0 Å². The van der Waals surface area contributed by atoms with Crippen molar-refractivity contribution in [2.75, 3.05) is 19.6 Å². The number of primary amides is 1. The van der Waals surface area contributed by atoms with Gasteiger partial charge in [-0.2, -0.15) is 4.79 Å². The van der Waals surface area contributed by atoms with E-state index >= 15 is 0 Å². The first kappa shape index (κ1) is 20.9. The number of benzene rings is 1. The van der Waals surface area contributed by atoms with Crippen molar-refractivity contribution < 1.29 is 14.8 Å².